The maximum Gasteiger partial charge on any atom is 0.328 e. The standard InChI is InChI=1S/C14H13BrClN3O/c1-18(11-5-3-4-10(16)8-11)14(20)19(2)12-6-7-13(15)17-9-12/h3-9H,1-2H3. The highest BCUT2D eigenvalue weighted by molar-refractivity contribution is 9.10. The van der Waals surface area contributed by atoms with Crippen molar-refractivity contribution < 1.29 is 4.79 Å². The fourth-order valence-electron chi connectivity index (χ4n) is 1.70. The molecule has 0 aliphatic carbocycles. The van der Waals surface area contributed by atoms with E-state index in [1.54, 1.807) is 38.5 Å². The molecule has 0 spiro atoms. The van der Waals surface area contributed by atoms with E-state index < -0.39 is 0 Å². The summed E-state index contributed by atoms with van der Waals surface area (Å²) in [4.78, 5) is 19.6. The first kappa shape index (κ1) is 14.8. The molecule has 0 aliphatic rings. The number of carbonyl (C=O) groups excluding carboxylic acids is 1. The van der Waals surface area contributed by atoms with Gasteiger partial charge in [-0.15, -0.1) is 0 Å². The Kier molecular flexibility index (Phi) is 4.62. The van der Waals surface area contributed by atoms with Gasteiger partial charge in [-0.05, 0) is 46.3 Å². The predicted octanol–water partition coefficient (Wildman–Crippen LogP) is 4.19. The van der Waals surface area contributed by atoms with E-state index in [1.165, 1.54) is 9.80 Å². The number of anilines is 2. The molecule has 0 aliphatic heterocycles. The molecule has 0 bridgehead atoms. The lowest BCUT2D eigenvalue weighted by Gasteiger charge is -2.25. The van der Waals surface area contributed by atoms with Crippen LogP contribution in [0.2, 0.25) is 5.02 Å². The van der Waals surface area contributed by atoms with Crippen molar-refractivity contribution in [2.75, 3.05) is 23.9 Å². The van der Waals surface area contributed by atoms with Crippen molar-refractivity contribution in [3.05, 3.63) is 52.2 Å². The molecule has 104 valence electrons. The van der Waals surface area contributed by atoms with Crippen molar-refractivity contribution >= 4 is 44.9 Å². The van der Waals surface area contributed by atoms with E-state index in [9.17, 15) is 4.79 Å². The molecule has 6 heteroatoms. The summed E-state index contributed by atoms with van der Waals surface area (Å²) in [7, 11) is 3.41. The van der Waals surface area contributed by atoms with Crippen molar-refractivity contribution in [2.24, 2.45) is 0 Å². The molecule has 2 amide bonds. The van der Waals surface area contributed by atoms with Crippen LogP contribution in [-0.4, -0.2) is 25.1 Å². The van der Waals surface area contributed by atoms with Crippen LogP contribution >= 0.6 is 27.5 Å². The number of rotatable bonds is 2. The lowest BCUT2D eigenvalue weighted by Crippen LogP contribution is -2.38. The first-order valence-electron chi connectivity index (χ1n) is 5.87. The fraction of sp³-hybridized carbons (Fsp3) is 0.143. The number of aromatic nitrogens is 1. The van der Waals surface area contributed by atoms with Gasteiger partial charge in [-0.2, -0.15) is 0 Å². The van der Waals surface area contributed by atoms with Gasteiger partial charge in [0.15, 0.2) is 0 Å². The molecule has 0 radical (unpaired) electrons. The zero-order valence-electron chi connectivity index (χ0n) is 11.0. The Morgan fingerprint density at radius 3 is 2.45 bits per heavy atom. The summed E-state index contributed by atoms with van der Waals surface area (Å²) >= 11 is 9.21. The maximum atomic E-state index is 12.4. The van der Waals surface area contributed by atoms with Crippen LogP contribution in [0.15, 0.2) is 47.2 Å². The molecule has 1 heterocycles. The predicted molar refractivity (Wildman–Crippen MR) is 85.6 cm³/mol. The molecule has 0 fully saturated rings. The van der Waals surface area contributed by atoms with Gasteiger partial charge >= 0.3 is 6.03 Å². The van der Waals surface area contributed by atoms with Gasteiger partial charge in [0.25, 0.3) is 0 Å². The van der Waals surface area contributed by atoms with E-state index in [4.69, 9.17) is 11.6 Å². The van der Waals surface area contributed by atoms with Crippen LogP contribution in [0.3, 0.4) is 0 Å². The topological polar surface area (TPSA) is 36.4 Å². The second kappa shape index (κ2) is 6.24. The number of hydrogen-bond donors (Lipinski definition) is 0. The van der Waals surface area contributed by atoms with E-state index >= 15 is 0 Å². The van der Waals surface area contributed by atoms with E-state index in [0.29, 0.717) is 10.7 Å². The molecule has 1 aromatic heterocycles. The molecule has 4 nitrogen and oxygen atoms in total. The number of nitrogens with zero attached hydrogens (tertiary/aromatic N) is 3. The summed E-state index contributed by atoms with van der Waals surface area (Å²) in [5.74, 6) is 0. The van der Waals surface area contributed by atoms with Gasteiger partial charge in [0.05, 0.1) is 11.9 Å². The molecule has 0 atom stereocenters. The normalized spacial score (nSPS) is 10.2. The quantitative estimate of drug-likeness (QED) is 0.758. The maximum absolute atomic E-state index is 12.4. The summed E-state index contributed by atoms with van der Waals surface area (Å²) in [6.45, 7) is 0. The molecule has 20 heavy (non-hydrogen) atoms. The Hall–Kier alpha value is -1.59. The van der Waals surface area contributed by atoms with Crippen LogP contribution in [0.5, 0.6) is 0 Å². The van der Waals surface area contributed by atoms with Crippen LogP contribution in [-0.2, 0) is 0 Å². The Bertz CT molecular complexity index is 618. The molecule has 0 saturated carbocycles. The summed E-state index contributed by atoms with van der Waals surface area (Å²) in [5, 5.41) is 0.593. The first-order chi connectivity index (χ1) is 9.49. The van der Waals surface area contributed by atoms with Crippen LogP contribution in [0.4, 0.5) is 16.2 Å². The molecule has 0 saturated heterocycles. The van der Waals surface area contributed by atoms with Gasteiger partial charge in [0.2, 0.25) is 0 Å². The van der Waals surface area contributed by atoms with Gasteiger partial charge in [-0.25, -0.2) is 9.78 Å². The number of benzene rings is 1. The lowest BCUT2D eigenvalue weighted by molar-refractivity contribution is 0.253. The van der Waals surface area contributed by atoms with Gasteiger partial charge in [-0.3, -0.25) is 9.80 Å². The van der Waals surface area contributed by atoms with Crippen molar-refractivity contribution in [3.8, 4) is 0 Å². The second-order valence-electron chi connectivity index (χ2n) is 4.22. The SMILES string of the molecule is CN(C(=O)N(C)c1cccc(Cl)c1)c1ccc(Br)nc1. The van der Waals surface area contributed by atoms with Crippen molar-refractivity contribution in [2.45, 2.75) is 0 Å². The van der Waals surface area contributed by atoms with Crippen LogP contribution in [0.1, 0.15) is 0 Å². The Balaban J connectivity index is 2.20. The highest BCUT2D eigenvalue weighted by Gasteiger charge is 2.17. The third kappa shape index (κ3) is 3.29. The van der Waals surface area contributed by atoms with Crippen molar-refractivity contribution in [1.82, 2.24) is 4.98 Å². The smallest absolute Gasteiger partial charge is 0.297 e. The number of urea groups is 1. The number of pyridine rings is 1. The lowest BCUT2D eigenvalue weighted by atomic mass is 10.3. The summed E-state index contributed by atoms with van der Waals surface area (Å²) < 4.78 is 0.727. The number of halogens is 2. The minimum Gasteiger partial charge on any atom is -0.297 e. The monoisotopic (exact) mass is 353 g/mol. The van der Waals surface area contributed by atoms with Crippen LogP contribution < -0.4 is 9.80 Å². The number of carbonyl (C=O) groups is 1. The Morgan fingerprint density at radius 1 is 1.15 bits per heavy atom. The number of hydrogen-bond acceptors (Lipinski definition) is 2. The van der Waals surface area contributed by atoms with Crippen LogP contribution in [0, 0.1) is 0 Å². The molecular formula is C14H13BrClN3O. The molecule has 1 aromatic carbocycles. The second-order valence-corrected chi connectivity index (χ2v) is 5.47. The van der Waals surface area contributed by atoms with E-state index in [-0.39, 0.29) is 6.03 Å². The highest BCUT2D eigenvalue weighted by Crippen LogP contribution is 2.21. The number of amides is 2. The highest BCUT2D eigenvalue weighted by atomic mass is 79.9. The molecule has 2 aromatic rings. The van der Waals surface area contributed by atoms with Gasteiger partial charge < -0.3 is 0 Å². The molecular weight excluding hydrogens is 342 g/mol. The average molecular weight is 355 g/mol. The van der Waals surface area contributed by atoms with Gasteiger partial charge in [0.1, 0.15) is 4.60 Å². The fourth-order valence-corrected chi connectivity index (χ4v) is 2.12. The molecule has 0 unspecified atom stereocenters. The third-order valence-electron chi connectivity index (χ3n) is 2.87. The molecule has 0 N–H and O–H groups in total. The summed E-state index contributed by atoms with van der Waals surface area (Å²) in [6, 6.07) is 10.6. The van der Waals surface area contributed by atoms with E-state index in [0.717, 1.165) is 10.3 Å². The summed E-state index contributed by atoms with van der Waals surface area (Å²) in [5.41, 5.74) is 1.45. The third-order valence-corrected chi connectivity index (χ3v) is 3.57. The first-order valence-corrected chi connectivity index (χ1v) is 7.04. The van der Waals surface area contributed by atoms with Crippen LogP contribution in [0.25, 0.3) is 0 Å². The van der Waals surface area contributed by atoms with Gasteiger partial charge in [-0.1, -0.05) is 17.7 Å². The van der Waals surface area contributed by atoms with Gasteiger partial charge in [0, 0.05) is 24.8 Å². The zero-order valence-corrected chi connectivity index (χ0v) is 13.4. The van der Waals surface area contributed by atoms with Crippen molar-refractivity contribution in [3.63, 3.8) is 0 Å². The zero-order chi connectivity index (χ0) is 14.7. The molecule has 2 rings (SSSR count). The Labute approximate surface area is 131 Å². The van der Waals surface area contributed by atoms with E-state index in [1.807, 2.05) is 18.2 Å². The summed E-state index contributed by atoms with van der Waals surface area (Å²) in [6.07, 6.45) is 1.63. The van der Waals surface area contributed by atoms with E-state index in [2.05, 4.69) is 20.9 Å². The minimum absolute atomic E-state index is 0.170. The largest absolute Gasteiger partial charge is 0.328 e. The van der Waals surface area contributed by atoms with Crippen molar-refractivity contribution in [1.29, 1.82) is 0 Å². The average Bonchev–Trinajstić information content (AvgIpc) is 2.46. The Morgan fingerprint density at radius 2 is 1.85 bits per heavy atom. The minimum atomic E-state index is -0.170.